The molecule has 3 heterocycles. The first-order valence-electron chi connectivity index (χ1n) is 8.14. The molecule has 0 aliphatic carbocycles. The van der Waals surface area contributed by atoms with Crippen LogP contribution in [0.1, 0.15) is 18.4 Å². The molecular formula is C18H18FN5. The highest BCUT2D eigenvalue weighted by Crippen LogP contribution is 2.22. The molecule has 0 amide bonds. The van der Waals surface area contributed by atoms with E-state index in [0.29, 0.717) is 23.3 Å². The number of hydrogen-bond donors (Lipinski definition) is 1. The number of benzene rings is 1. The van der Waals surface area contributed by atoms with Gasteiger partial charge in [-0.25, -0.2) is 19.3 Å². The Labute approximate surface area is 139 Å². The highest BCUT2D eigenvalue weighted by atomic mass is 19.1. The van der Waals surface area contributed by atoms with Crippen molar-refractivity contribution in [3.63, 3.8) is 0 Å². The van der Waals surface area contributed by atoms with Crippen molar-refractivity contribution >= 4 is 22.5 Å². The van der Waals surface area contributed by atoms with Crippen LogP contribution in [0.25, 0.3) is 10.9 Å². The molecule has 0 radical (unpaired) electrons. The number of para-hydroxylation sites is 1. The van der Waals surface area contributed by atoms with Crippen LogP contribution in [0.2, 0.25) is 0 Å². The van der Waals surface area contributed by atoms with Gasteiger partial charge in [-0.15, -0.1) is 0 Å². The molecule has 1 N–H and O–H groups in total. The number of rotatable bonds is 4. The van der Waals surface area contributed by atoms with E-state index in [9.17, 15) is 4.39 Å². The minimum absolute atomic E-state index is 0.331. The SMILES string of the molecule is Fc1cccc2c(NCc3ccc(N4CCCC4)nc3)ncnc12. The number of fused-ring (bicyclic) bond motifs is 1. The lowest BCUT2D eigenvalue weighted by Crippen LogP contribution is -2.18. The van der Waals surface area contributed by atoms with E-state index in [1.165, 1.54) is 25.2 Å². The van der Waals surface area contributed by atoms with Crippen LogP contribution in [0.5, 0.6) is 0 Å². The summed E-state index contributed by atoms with van der Waals surface area (Å²) in [5.74, 6) is 1.32. The van der Waals surface area contributed by atoms with Crippen molar-refractivity contribution in [3.8, 4) is 0 Å². The average molecular weight is 323 g/mol. The van der Waals surface area contributed by atoms with Crippen molar-refractivity contribution in [2.45, 2.75) is 19.4 Å². The zero-order valence-electron chi connectivity index (χ0n) is 13.2. The fraction of sp³-hybridized carbons (Fsp3) is 0.278. The van der Waals surface area contributed by atoms with Crippen molar-refractivity contribution in [2.75, 3.05) is 23.3 Å². The van der Waals surface area contributed by atoms with Crippen LogP contribution in [0, 0.1) is 5.82 Å². The van der Waals surface area contributed by atoms with Gasteiger partial charge in [0.05, 0.1) is 0 Å². The molecule has 5 nitrogen and oxygen atoms in total. The molecule has 4 rings (SSSR count). The second kappa shape index (κ2) is 6.39. The molecule has 1 saturated heterocycles. The molecule has 24 heavy (non-hydrogen) atoms. The van der Waals surface area contributed by atoms with Gasteiger partial charge in [0, 0.05) is 31.2 Å². The summed E-state index contributed by atoms with van der Waals surface area (Å²) in [5, 5.41) is 3.93. The van der Waals surface area contributed by atoms with E-state index < -0.39 is 0 Å². The molecule has 0 spiro atoms. The second-order valence-corrected chi connectivity index (χ2v) is 5.93. The Morgan fingerprint density at radius 3 is 2.71 bits per heavy atom. The van der Waals surface area contributed by atoms with Gasteiger partial charge < -0.3 is 10.2 Å². The third-order valence-corrected chi connectivity index (χ3v) is 4.31. The van der Waals surface area contributed by atoms with Crippen LogP contribution in [-0.2, 0) is 6.54 Å². The maximum atomic E-state index is 13.8. The van der Waals surface area contributed by atoms with E-state index in [1.54, 1.807) is 6.07 Å². The highest BCUT2D eigenvalue weighted by Gasteiger charge is 2.13. The van der Waals surface area contributed by atoms with Gasteiger partial charge >= 0.3 is 0 Å². The van der Waals surface area contributed by atoms with Gasteiger partial charge in [-0.1, -0.05) is 12.1 Å². The molecule has 0 unspecified atom stereocenters. The molecule has 1 aliphatic heterocycles. The molecule has 0 bridgehead atoms. The van der Waals surface area contributed by atoms with Crippen LogP contribution in [0.4, 0.5) is 16.0 Å². The Morgan fingerprint density at radius 1 is 1.04 bits per heavy atom. The summed E-state index contributed by atoms with van der Waals surface area (Å²) in [7, 11) is 0. The van der Waals surface area contributed by atoms with Crippen molar-refractivity contribution < 1.29 is 4.39 Å². The van der Waals surface area contributed by atoms with E-state index >= 15 is 0 Å². The minimum Gasteiger partial charge on any atom is -0.365 e. The summed E-state index contributed by atoms with van der Waals surface area (Å²) in [6.45, 7) is 2.75. The molecule has 0 atom stereocenters. The largest absolute Gasteiger partial charge is 0.365 e. The number of halogens is 1. The third-order valence-electron chi connectivity index (χ3n) is 4.31. The van der Waals surface area contributed by atoms with Crippen molar-refractivity contribution in [3.05, 3.63) is 54.2 Å². The average Bonchev–Trinajstić information content (AvgIpc) is 3.15. The highest BCUT2D eigenvalue weighted by molar-refractivity contribution is 5.89. The number of pyridine rings is 1. The van der Waals surface area contributed by atoms with Gasteiger partial charge in [0.1, 0.15) is 29.3 Å². The van der Waals surface area contributed by atoms with Gasteiger partial charge in [-0.05, 0) is 36.6 Å². The van der Waals surface area contributed by atoms with Gasteiger partial charge in [0.25, 0.3) is 0 Å². The Balaban J connectivity index is 1.50. The first-order chi connectivity index (χ1) is 11.8. The molecule has 6 heteroatoms. The minimum atomic E-state index is -0.338. The Kier molecular flexibility index (Phi) is 3.94. The molecule has 122 valence electrons. The topological polar surface area (TPSA) is 53.9 Å². The first kappa shape index (κ1) is 14.8. The van der Waals surface area contributed by atoms with E-state index in [-0.39, 0.29) is 5.82 Å². The zero-order chi connectivity index (χ0) is 16.4. The molecule has 3 aromatic rings. The number of aromatic nitrogens is 3. The van der Waals surface area contributed by atoms with Crippen LogP contribution in [0.3, 0.4) is 0 Å². The van der Waals surface area contributed by atoms with Gasteiger partial charge in [-0.2, -0.15) is 0 Å². The van der Waals surface area contributed by atoms with E-state index in [4.69, 9.17) is 0 Å². The monoisotopic (exact) mass is 323 g/mol. The number of nitrogens with zero attached hydrogens (tertiary/aromatic N) is 4. The van der Waals surface area contributed by atoms with Gasteiger partial charge in [0.2, 0.25) is 0 Å². The Morgan fingerprint density at radius 2 is 1.92 bits per heavy atom. The van der Waals surface area contributed by atoms with E-state index in [0.717, 1.165) is 24.5 Å². The van der Waals surface area contributed by atoms with Crippen molar-refractivity contribution in [1.29, 1.82) is 0 Å². The van der Waals surface area contributed by atoms with Gasteiger partial charge in [-0.3, -0.25) is 0 Å². The van der Waals surface area contributed by atoms with Crippen LogP contribution < -0.4 is 10.2 Å². The molecule has 1 aliphatic rings. The predicted molar refractivity (Wildman–Crippen MR) is 92.5 cm³/mol. The van der Waals surface area contributed by atoms with E-state index in [2.05, 4.69) is 37.3 Å². The standard InChI is InChI=1S/C18H18FN5/c19-15-5-3-4-14-17(15)22-12-23-18(14)21-11-13-6-7-16(20-10-13)24-8-1-2-9-24/h3-7,10,12H,1-2,8-9,11H2,(H,21,22,23). The number of nitrogens with one attached hydrogen (secondary N) is 1. The summed E-state index contributed by atoms with van der Waals surface area (Å²) in [6.07, 6.45) is 5.73. The fourth-order valence-corrected chi connectivity index (χ4v) is 3.03. The number of anilines is 2. The van der Waals surface area contributed by atoms with Crippen LogP contribution >= 0.6 is 0 Å². The maximum absolute atomic E-state index is 13.8. The Bertz CT molecular complexity index is 844. The fourth-order valence-electron chi connectivity index (χ4n) is 3.03. The van der Waals surface area contributed by atoms with Crippen LogP contribution in [-0.4, -0.2) is 28.0 Å². The second-order valence-electron chi connectivity index (χ2n) is 5.93. The molecule has 1 fully saturated rings. The van der Waals surface area contributed by atoms with Crippen molar-refractivity contribution in [1.82, 2.24) is 15.0 Å². The first-order valence-corrected chi connectivity index (χ1v) is 8.14. The summed E-state index contributed by atoms with van der Waals surface area (Å²) in [4.78, 5) is 15.1. The smallest absolute Gasteiger partial charge is 0.149 e. The molecule has 0 saturated carbocycles. The molecule has 2 aromatic heterocycles. The lowest BCUT2D eigenvalue weighted by atomic mass is 10.2. The summed E-state index contributed by atoms with van der Waals surface area (Å²) in [5.41, 5.74) is 1.39. The number of hydrogen-bond acceptors (Lipinski definition) is 5. The van der Waals surface area contributed by atoms with E-state index in [1.807, 2.05) is 12.3 Å². The lowest BCUT2D eigenvalue weighted by molar-refractivity contribution is 0.636. The van der Waals surface area contributed by atoms with Crippen LogP contribution in [0.15, 0.2) is 42.9 Å². The Hall–Kier alpha value is -2.76. The third kappa shape index (κ3) is 2.87. The summed E-state index contributed by atoms with van der Waals surface area (Å²) < 4.78 is 13.8. The lowest BCUT2D eigenvalue weighted by Gasteiger charge is -2.16. The normalized spacial score (nSPS) is 14.3. The molecule has 1 aromatic carbocycles. The predicted octanol–water partition coefficient (Wildman–Crippen LogP) is 3.38. The molecular weight excluding hydrogens is 305 g/mol. The zero-order valence-corrected chi connectivity index (χ0v) is 13.2. The summed E-state index contributed by atoms with van der Waals surface area (Å²) >= 11 is 0. The maximum Gasteiger partial charge on any atom is 0.149 e. The quantitative estimate of drug-likeness (QED) is 0.798. The summed E-state index contributed by atoms with van der Waals surface area (Å²) in [6, 6.07) is 9.01. The van der Waals surface area contributed by atoms with Gasteiger partial charge in [0.15, 0.2) is 0 Å². The van der Waals surface area contributed by atoms with Crippen molar-refractivity contribution in [2.24, 2.45) is 0 Å².